The van der Waals surface area contributed by atoms with Gasteiger partial charge in [-0.2, -0.15) is 0 Å². The largest absolute Gasteiger partial charge is 0.507 e. The fourth-order valence-electron chi connectivity index (χ4n) is 1.43. The molecule has 19 heavy (non-hydrogen) atoms. The van der Waals surface area contributed by atoms with E-state index < -0.39 is 11.7 Å². The Bertz CT molecular complexity index is 463. The number of phenols is 1. The van der Waals surface area contributed by atoms with Gasteiger partial charge in [0.05, 0.1) is 5.56 Å². The minimum absolute atomic E-state index is 0.129. The van der Waals surface area contributed by atoms with Crippen LogP contribution in [0.4, 0.5) is 4.39 Å². The molecule has 5 nitrogen and oxygen atoms in total. The summed E-state index contributed by atoms with van der Waals surface area (Å²) in [5.74, 6) is -1.68. The molecule has 104 valence electrons. The number of hydrogen-bond donors (Lipinski definition) is 3. The number of carbonyl (C=O) groups is 2. The van der Waals surface area contributed by atoms with Crippen molar-refractivity contribution >= 4 is 11.8 Å². The second-order valence-electron chi connectivity index (χ2n) is 4.02. The average Bonchev–Trinajstić information content (AvgIpc) is 2.39. The highest BCUT2D eigenvalue weighted by Crippen LogP contribution is 2.17. The third-order valence-corrected chi connectivity index (χ3v) is 2.41. The van der Waals surface area contributed by atoms with Crippen LogP contribution in [0.5, 0.6) is 5.75 Å². The van der Waals surface area contributed by atoms with Gasteiger partial charge in [-0.3, -0.25) is 9.59 Å². The first-order valence-corrected chi connectivity index (χ1v) is 6.08. The van der Waals surface area contributed by atoms with E-state index in [1.165, 1.54) is 0 Å². The van der Waals surface area contributed by atoms with Gasteiger partial charge in [-0.25, -0.2) is 4.39 Å². The van der Waals surface area contributed by atoms with Crippen LogP contribution < -0.4 is 10.6 Å². The fraction of sp³-hybridized carbons (Fsp3) is 0.385. The van der Waals surface area contributed by atoms with Crippen LogP contribution in [0.3, 0.4) is 0 Å². The Kier molecular flexibility index (Phi) is 5.78. The molecule has 0 saturated carbocycles. The highest BCUT2D eigenvalue weighted by molar-refractivity contribution is 5.96. The molecular formula is C13H17FN2O3. The third kappa shape index (κ3) is 4.95. The van der Waals surface area contributed by atoms with Crippen LogP contribution in [-0.2, 0) is 4.79 Å². The first-order chi connectivity index (χ1) is 9.04. The lowest BCUT2D eigenvalue weighted by atomic mass is 10.2. The molecule has 6 heteroatoms. The van der Waals surface area contributed by atoms with Crippen LogP contribution in [0.15, 0.2) is 18.2 Å². The second-order valence-corrected chi connectivity index (χ2v) is 4.02. The van der Waals surface area contributed by atoms with Crippen LogP contribution in [0.2, 0.25) is 0 Å². The Labute approximate surface area is 110 Å². The summed E-state index contributed by atoms with van der Waals surface area (Å²) in [6.45, 7) is 2.66. The van der Waals surface area contributed by atoms with Gasteiger partial charge in [0.15, 0.2) is 0 Å². The smallest absolute Gasteiger partial charge is 0.255 e. The van der Waals surface area contributed by atoms with Crippen molar-refractivity contribution in [1.82, 2.24) is 10.6 Å². The first kappa shape index (κ1) is 14.9. The Morgan fingerprint density at radius 2 is 2.00 bits per heavy atom. The van der Waals surface area contributed by atoms with Gasteiger partial charge in [-0.15, -0.1) is 0 Å². The van der Waals surface area contributed by atoms with Gasteiger partial charge < -0.3 is 15.7 Å². The van der Waals surface area contributed by atoms with Gasteiger partial charge in [0.1, 0.15) is 11.6 Å². The maximum atomic E-state index is 12.9. The van der Waals surface area contributed by atoms with Crippen LogP contribution in [0, 0.1) is 5.82 Å². The molecule has 0 saturated heterocycles. The molecule has 1 aromatic carbocycles. The van der Waals surface area contributed by atoms with E-state index in [-0.39, 0.29) is 30.2 Å². The maximum Gasteiger partial charge on any atom is 0.255 e. The van der Waals surface area contributed by atoms with Gasteiger partial charge in [-0.05, 0) is 24.6 Å². The highest BCUT2D eigenvalue weighted by atomic mass is 19.1. The minimum Gasteiger partial charge on any atom is -0.507 e. The number of amides is 2. The molecule has 0 aromatic heterocycles. The summed E-state index contributed by atoms with van der Waals surface area (Å²) < 4.78 is 12.9. The molecule has 0 bridgehead atoms. The van der Waals surface area contributed by atoms with Crippen molar-refractivity contribution in [3.05, 3.63) is 29.6 Å². The van der Waals surface area contributed by atoms with Crippen molar-refractivity contribution in [3.63, 3.8) is 0 Å². The highest BCUT2D eigenvalue weighted by Gasteiger charge is 2.12. The Morgan fingerprint density at radius 1 is 1.26 bits per heavy atom. The molecule has 0 unspecified atom stereocenters. The van der Waals surface area contributed by atoms with Gasteiger partial charge in [0, 0.05) is 19.5 Å². The van der Waals surface area contributed by atoms with Gasteiger partial charge in [-0.1, -0.05) is 6.92 Å². The number of phenolic OH excluding ortho intramolecular Hbond substituents is 1. The van der Waals surface area contributed by atoms with Gasteiger partial charge in [0.2, 0.25) is 5.91 Å². The summed E-state index contributed by atoms with van der Waals surface area (Å²) >= 11 is 0. The molecule has 0 spiro atoms. The molecular weight excluding hydrogens is 251 g/mol. The average molecular weight is 268 g/mol. The standard InChI is InChI=1S/C13H17FN2O3/c1-2-6-15-12(18)5-7-16-13(19)10-8-9(14)3-4-11(10)17/h3-4,8,17H,2,5-7H2,1H3,(H,15,18)(H,16,19). The minimum atomic E-state index is -0.611. The summed E-state index contributed by atoms with van der Waals surface area (Å²) in [5.41, 5.74) is -0.144. The molecule has 1 rings (SSSR count). The molecule has 0 atom stereocenters. The van der Waals surface area contributed by atoms with Crippen LogP contribution in [0.25, 0.3) is 0 Å². The van der Waals surface area contributed by atoms with E-state index in [0.717, 1.165) is 24.6 Å². The van der Waals surface area contributed by atoms with E-state index in [1.807, 2.05) is 6.92 Å². The molecule has 1 aromatic rings. The zero-order valence-electron chi connectivity index (χ0n) is 10.7. The van der Waals surface area contributed by atoms with Crippen molar-refractivity contribution in [3.8, 4) is 5.75 Å². The SMILES string of the molecule is CCCNC(=O)CCNC(=O)c1cc(F)ccc1O. The number of benzene rings is 1. The van der Waals surface area contributed by atoms with Crippen molar-refractivity contribution in [2.75, 3.05) is 13.1 Å². The van der Waals surface area contributed by atoms with Crippen LogP contribution in [-0.4, -0.2) is 30.0 Å². The number of aromatic hydroxyl groups is 1. The van der Waals surface area contributed by atoms with E-state index in [4.69, 9.17) is 0 Å². The molecule has 0 radical (unpaired) electrons. The Balaban J connectivity index is 2.43. The van der Waals surface area contributed by atoms with E-state index in [2.05, 4.69) is 10.6 Å². The predicted molar refractivity (Wildman–Crippen MR) is 68.3 cm³/mol. The summed E-state index contributed by atoms with van der Waals surface area (Å²) in [4.78, 5) is 22.9. The quantitative estimate of drug-likeness (QED) is 0.725. The summed E-state index contributed by atoms with van der Waals surface area (Å²) in [5, 5.41) is 14.5. The molecule has 0 fully saturated rings. The third-order valence-electron chi connectivity index (χ3n) is 2.41. The predicted octanol–water partition coefficient (Wildman–Crippen LogP) is 1.18. The number of nitrogens with one attached hydrogen (secondary N) is 2. The maximum absolute atomic E-state index is 12.9. The van der Waals surface area contributed by atoms with Crippen molar-refractivity contribution in [2.45, 2.75) is 19.8 Å². The molecule has 0 heterocycles. The van der Waals surface area contributed by atoms with Gasteiger partial charge >= 0.3 is 0 Å². The summed E-state index contributed by atoms with van der Waals surface area (Å²) in [7, 11) is 0. The normalized spacial score (nSPS) is 10.0. The molecule has 0 aliphatic rings. The van der Waals surface area contributed by atoms with Crippen LogP contribution >= 0.6 is 0 Å². The van der Waals surface area contributed by atoms with E-state index in [1.54, 1.807) is 0 Å². The number of halogens is 1. The molecule has 3 N–H and O–H groups in total. The Hall–Kier alpha value is -2.11. The van der Waals surface area contributed by atoms with E-state index in [0.29, 0.717) is 6.54 Å². The molecule has 0 aliphatic heterocycles. The Morgan fingerprint density at radius 3 is 2.68 bits per heavy atom. The zero-order chi connectivity index (χ0) is 14.3. The van der Waals surface area contributed by atoms with Gasteiger partial charge in [0.25, 0.3) is 5.91 Å². The van der Waals surface area contributed by atoms with Crippen molar-refractivity contribution in [1.29, 1.82) is 0 Å². The summed E-state index contributed by atoms with van der Waals surface area (Å²) in [6.07, 6.45) is 0.983. The second kappa shape index (κ2) is 7.35. The zero-order valence-corrected chi connectivity index (χ0v) is 10.7. The monoisotopic (exact) mass is 268 g/mol. The fourth-order valence-corrected chi connectivity index (χ4v) is 1.43. The first-order valence-electron chi connectivity index (χ1n) is 6.08. The lowest BCUT2D eigenvalue weighted by Gasteiger charge is -2.07. The van der Waals surface area contributed by atoms with Crippen LogP contribution in [0.1, 0.15) is 30.1 Å². The van der Waals surface area contributed by atoms with E-state index in [9.17, 15) is 19.1 Å². The molecule has 2 amide bonds. The lowest BCUT2D eigenvalue weighted by Crippen LogP contribution is -2.31. The van der Waals surface area contributed by atoms with Crippen molar-refractivity contribution < 1.29 is 19.1 Å². The number of hydrogen-bond acceptors (Lipinski definition) is 3. The summed E-state index contributed by atoms with van der Waals surface area (Å²) in [6, 6.07) is 3.12. The number of rotatable bonds is 6. The lowest BCUT2D eigenvalue weighted by molar-refractivity contribution is -0.120. The molecule has 0 aliphatic carbocycles. The van der Waals surface area contributed by atoms with Crippen molar-refractivity contribution in [2.24, 2.45) is 0 Å². The van der Waals surface area contributed by atoms with E-state index >= 15 is 0 Å². The topological polar surface area (TPSA) is 78.4 Å². The number of carbonyl (C=O) groups excluding carboxylic acids is 2.